The van der Waals surface area contributed by atoms with Crippen LogP contribution in [0.3, 0.4) is 0 Å². The van der Waals surface area contributed by atoms with Crippen molar-refractivity contribution in [1.82, 2.24) is 10.2 Å². The van der Waals surface area contributed by atoms with Crippen molar-refractivity contribution >= 4 is 16.8 Å². The Morgan fingerprint density at radius 3 is 2.43 bits per heavy atom. The average Bonchev–Trinajstić information content (AvgIpc) is 2.90. The van der Waals surface area contributed by atoms with Gasteiger partial charge in [0.15, 0.2) is 0 Å². The van der Waals surface area contributed by atoms with E-state index in [4.69, 9.17) is 5.73 Å². The van der Waals surface area contributed by atoms with Gasteiger partial charge in [0, 0.05) is 10.9 Å². The van der Waals surface area contributed by atoms with Crippen molar-refractivity contribution in [3.8, 4) is 17.0 Å². The zero-order chi connectivity index (χ0) is 16.6. The second-order valence-electron chi connectivity index (χ2n) is 4.74. The normalized spacial score (nSPS) is 11.6. The van der Waals surface area contributed by atoms with E-state index >= 15 is 0 Å². The molecule has 2 aromatic carbocycles. The van der Waals surface area contributed by atoms with E-state index in [9.17, 15) is 18.0 Å². The molecule has 0 bridgehead atoms. The summed E-state index contributed by atoms with van der Waals surface area (Å²) in [5, 5.41) is 7.49. The smallest absolute Gasteiger partial charge is 0.406 e. The maximum Gasteiger partial charge on any atom is 0.573 e. The molecule has 0 radical (unpaired) electrons. The second kappa shape index (κ2) is 5.31. The molecule has 0 saturated heterocycles. The average molecular weight is 321 g/mol. The van der Waals surface area contributed by atoms with Gasteiger partial charge < -0.3 is 10.5 Å². The van der Waals surface area contributed by atoms with Crippen LogP contribution in [0.1, 0.15) is 10.4 Å². The monoisotopic (exact) mass is 321 g/mol. The highest BCUT2D eigenvalue weighted by Crippen LogP contribution is 2.30. The van der Waals surface area contributed by atoms with Crippen LogP contribution in [0.15, 0.2) is 42.5 Å². The Labute approximate surface area is 127 Å². The molecule has 0 saturated carbocycles. The van der Waals surface area contributed by atoms with Crippen LogP contribution in [0, 0.1) is 0 Å². The Morgan fingerprint density at radius 1 is 1.13 bits per heavy atom. The highest BCUT2D eigenvalue weighted by atomic mass is 19.4. The minimum absolute atomic E-state index is 0.290. The summed E-state index contributed by atoms with van der Waals surface area (Å²) in [5.41, 5.74) is 7.14. The van der Waals surface area contributed by atoms with E-state index in [-0.39, 0.29) is 5.75 Å². The van der Waals surface area contributed by atoms with E-state index in [0.29, 0.717) is 27.7 Å². The van der Waals surface area contributed by atoms with E-state index in [1.807, 2.05) is 0 Å². The third-order valence-electron chi connectivity index (χ3n) is 3.23. The van der Waals surface area contributed by atoms with E-state index in [1.54, 1.807) is 18.2 Å². The van der Waals surface area contributed by atoms with Crippen LogP contribution in [0.4, 0.5) is 13.2 Å². The molecule has 0 unspecified atom stereocenters. The molecule has 0 atom stereocenters. The summed E-state index contributed by atoms with van der Waals surface area (Å²) in [7, 11) is 0. The number of ether oxygens (including phenoxy) is 1. The number of halogens is 3. The molecule has 1 amide bonds. The number of para-hydroxylation sites is 1. The van der Waals surface area contributed by atoms with Crippen molar-refractivity contribution < 1.29 is 22.7 Å². The predicted molar refractivity (Wildman–Crippen MR) is 76.7 cm³/mol. The number of aromatic nitrogens is 2. The molecule has 0 fully saturated rings. The quantitative estimate of drug-likeness (QED) is 0.777. The number of benzene rings is 2. The summed E-state index contributed by atoms with van der Waals surface area (Å²) in [4.78, 5) is 11.4. The van der Waals surface area contributed by atoms with Crippen molar-refractivity contribution in [2.45, 2.75) is 6.36 Å². The van der Waals surface area contributed by atoms with Crippen molar-refractivity contribution in [2.24, 2.45) is 5.73 Å². The minimum Gasteiger partial charge on any atom is -0.406 e. The number of amides is 1. The van der Waals surface area contributed by atoms with Crippen LogP contribution in [0.25, 0.3) is 22.2 Å². The number of hydrogen-bond acceptors (Lipinski definition) is 3. The Morgan fingerprint density at radius 2 is 1.83 bits per heavy atom. The third-order valence-corrected chi connectivity index (χ3v) is 3.23. The first kappa shape index (κ1) is 14.9. The van der Waals surface area contributed by atoms with Crippen LogP contribution < -0.4 is 10.5 Å². The number of carbonyl (C=O) groups excluding carboxylic acids is 1. The SMILES string of the molecule is NC(=O)c1cccc2c(-c3ccc(OC(F)(F)F)cc3)n[nH]c12. The molecule has 0 aliphatic carbocycles. The summed E-state index contributed by atoms with van der Waals surface area (Å²) in [6.07, 6.45) is -4.74. The summed E-state index contributed by atoms with van der Waals surface area (Å²) in [5.74, 6) is -0.918. The number of alkyl halides is 3. The van der Waals surface area contributed by atoms with Crippen LogP contribution in [0.2, 0.25) is 0 Å². The van der Waals surface area contributed by atoms with Gasteiger partial charge in [-0.15, -0.1) is 13.2 Å². The summed E-state index contributed by atoms with van der Waals surface area (Å²) in [6.45, 7) is 0. The van der Waals surface area contributed by atoms with Crippen LogP contribution >= 0.6 is 0 Å². The van der Waals surface area contributed by atoms with Gasteiger partial charge in [0.25, 0.3) is 5.91 Å². The molecule has 1 aromatic heterocycles. The molecule has 0 aliphatic rings. The van der Waals surface area contributed by atoms with Gasteiger partial charge in [-0.2, -0.15) is 5.10 Å². The summed E-state index contributed by atoms with van der Waals surface area (Å²) >= 11 is 0. The number of aromatic amines is 1. The van der Waals surface area contributed by atoms with Gasteiger partial charge in [-0.25, -0.2) is 0 Å². The molecule has 3 rings (SSSR count). The number of rotatable bonds is 3. The van der Waals surface area contributed by atoms with Crippen molar-refractivity contribution in [1.29, 1.82) is 0 Å². The summed E-state index contributed by atoms with van der Waals surface area (Å²) < 4.78 is 40.3. The summed E-state index contributed by atoms with van der Waals surface area (Å²) in [6, 6.07) is 10.3. The lowest BCUT2D eigenvalue weighted by atomic mass is 10.0. The Hall–Kier alpha value is -3.03. The first-order chi connectivity index (χ1) is 10.8. The third kappa shape index (κ3) is 2.96. The Balaban J connectivity index is 2.01. The highest BCUT2D eigenvalue weighted by molar-refractivity contribution is 6.07. The Kier molecular flexibility index (Phi) is 3.44. The van der Waals surface area contributed by atoms with Gasteiger partial charge in [-0.3, -0.25) is 9.89 Å². The lowest BCUT2D eigenvalue weighted by molar-refractivity contribution is -0.274. The molecule has 0 spiro atoms. The molecular weight excluding hydrogens is 311 g/mol. The number of nitrogens with one attached hydrogen (secondary N) is 1. The number of primary amides is 1. The van der Waals surface area contributed by atoms with Crippen LogP contribution in [0.5, 0.6) is 5.75 Å². The van der Waals surface area contributed by atoms with Crippen molar-refractivity contribution in [3.05, 3.63) is 48.0 Å². The predicted octanol–water partition coefficient (Wildman–Crippen LogP) is 3.23. The number of carbonyl (C=O) groups is 1. The highest BCUT2D eigenvalue weighted by Gasteiger charge is 2.31. The number of fused-ring (bicyclic) bond motifs is 1. The van der Waals surface area contributed by atoms with Crippen LogP contribution in [-0.4, -0.2) is 22.5 Å². The topological polar surface area (TPSA) is 81.0 Å². The van der Waals surface area contributed by atoms with Gasteiger partial charge >= 0.3 is 6.36 Å². The standard InChI is InChI=1S/C15H10F3N3O2/c16-15(17,18)23-9-6-4-8(5-7-9)12-10-2-1-3-11(14(19)22)13(10)21-20-12/h1-7H,(H2,19,22)(H,20,21). The largest absolute Gasteiger partial charge is 0.573 e. The molecular formula is C15H10F3N3O2. The Bertz CT molecular complexity index is 870. The first-order valence-corrected chi connectivity index (χ1v) is 6.48. The first-order valence-electron chi connectivity index (χ1n) is 6.48. The van der Waals surface area contributed by atoms with E-state index in [2.05, 4.69) is 14.9 Å². The van der Waals surface area contributed by atoms with E-state index in [0.717, 1.165) is 0 Å². The number of nitrogens with zero attached hydrogens (tertiary/aromatic N) is 1. The van der Waals surface area contributed by atoms with Gasteiger partial charge in [0.05, 0.1) is 16.8 Å². The fourth-order valence-electron chi connectivity index (χ4n) is 2.28. The molecule has 8 heteroatoms. The molecule has 0 aliphatic heterocycles. The van der Waals surface area contributed by atoms with Gasteiger partial charge in [-0.05, 0) is 30.3 Å². The maximum absolute atomic E-state index is 12.2. The van der Waals surface area contributed by atoms with E-state index < -0.39 is 12.3 Å². The number of nitrogens with two attached hydrogens (primary N) is 1. The van der Waals surface area contributed by atoms with Crippen LogP contribution in [-0.2, 0) is 0 Å². The maximum atomic E-state index is 12.2. The number of H-pyrrole nitrogens is 1. The molecule has 23 heavy (non-hydrogen) atoms. The molecule has 3 aromatic rings. The molecule has 5 nitrogen and oxygen atoms in total. The fourth-order valence-corrected chi connectivity index (χ4v) is 2.28. The number of hydrogen-bond donors (Lipinski definition) is 2. The van der Waals surface area contributed by atoms with Crippen molar-refractivity contribution in [3.63, 3.8) is 0 Å². The molecule has 3 N–H and O–H groups in total. The zero-order valence-corrected chi connectivity index (χ0v) is 11.5. The zero-order valence-electron chi connectivity index (χ0n) is 11.5. The van der Waals surface area contributed by atoms with Gasteiger partial charge in [0.2, 0.25) is 0 Å². The lowest BCUT2D eigenvalue weighted by Crippen LogP contribution is -2.16. The second-order valence-corrected chi connectivity index (χ2v) is 4.74. The lowest BCUT2D eigenvalue weighted by Gasteiger charge is -2.08. The van der Waals surface area contributed by atoms with Crippen molar-refractivity contribution in [2.75, 3.05) is 0 Å². The minimum atomic E-state index is -4.74. The van der Waals surface area contributed by atoms with Gasteiger partial charge in [0.1, 0.15) is 5.75 Å². The molecule has 118 valence electrons. The van der Waals surface area contributed by atoms with E-state index in [1.165, 1.54) is 24.3 Å². The molecule has 1 heterocycles. The fraction of sp³-hybridized carbons (Fsp3) is 0.0667. The van der Waals surface area contributed by atoms with Gasteiger partial charge in [-0.1, -0.05) is 12.1 Å².